The van der Waals surface area contributed by atoms with Gasteiger partial charge in [-0.15, -0.1) is 0 Å². The van der Waals surface area contributed by atoms with Gasteiger partial charge in [0.25, 0.3) is 6.20 Å². The van der Waals surface area contributed by atoms with Gasteiger partial charge in [0.1, 0.15) is 0 Å². The van der Waals surface area contributed by atoms with Crippen LogP contribution in [0.5, 0.6) is 0 Å². The lowest BCUT2D eigenvalue weighted by molar-refractivity contribution is -0.404. The zero-order chi connectivity index (χ0) is 13.5. The van der Waals surface area contributed by atoms with Crippen LogP contribution < -0.4 is 5.32 Å². The van der Waals surface area contributed by atoms with Crippen LogP contribution in [0, 0.1) is 16.1 Å². The van der Waals surface area contributed by atoms with Gasteiger partial charge < -0.3 is 5.32 Å². The van der Waals surface area contributed by atoms with Gasteiger partial charge in [-0.2, -0.15) is 4.39 Å². The summed E-state index contributed by atoms with van der Waals surface area (Å²) in [7, 11) is 1.45. The third-order valence-corrected chi connectivity index (χ3v) is 2.06. The van der Waals surface area contributed by atoms with Crippen LogP contribution in [0.4, 0.5) is 4.39 Å². The first-order valence-electron chi connectivity index (χ1n) is 4.92. The number of hydrogen-bond donors (Lipinski definition) is 1. The molecule has 0 aliphatic rings. The molecule has 8 heteroatoms. The zero-order valence-corrected chi connectivity index (χ0v) is 9.54. The van der Waals surface area contributed by atoms with Gasteiger partial charge in [0.05, 0.1) is 11.5 Å². The molecule has 1 heterocycles. The summed E-state index contributed by atoms with van der Waals surface area (Å²) in [5.41, 5.74) is 0.549. The Hall–Kier alpha value is -2.51. The van der Waals surface area contributed by atoms with Gasteiger partial charge in [0, 0.05) is 13.2 Å². The first kappa shape index (κ1) is 13.6. The van der Waals surface area contributed by atoms with Gasteiger partial charge >= 0.3 is 0 Å². The van der Waals surface area contributed by atoms with Gasteiger partial charge in [-0.3, -0.25) is 19.8 Å². The smallest absolute Gasteiger partial charge is 0.274 e. The molecule has 0 aliphatic heterocycles. The molecule has 1 N–H and O–H groups in total. The minimum atomic E-state index is -0.675. The van der Waals surface area contributed by atoms with E-state index in [1.54, 1.807) is 0 Å². The van der Waals surface area contributed by atoms with Crippen molar-refractivity contribution in [1.82, 2.24) is 15.2 Å². The quantitative estimate of drug-likeness (QED) is 0.345. The summed E-state index contributed by atoms with van der Waals surface area (Å²) in [4.78, 5) is 25.1. The molecule has 18 heavy (non-hydrogen) atoms. The van der Waals surface area contributed by atoms with Crippen LogP contribution in [0.2, 0.25) is 0 Å². The van der Waals surface area contributed by atoms with Crippen LogP contribution in [0.25, 0.3) is 0 Å². The summed E-state index contributed by atoms with van der Waals surface area (Å²) in [6.45, 7) is 0.0529. The fourth-order valence-electron chi connectivity index (χ4n) is 1.26. The first-order valence-corrected chi connectivity index (χ1v) is 4.92. The average molecular weight is 254 g/mol. The van der Waals surface area contributed by atoms with Crippen molar-refractivity contribution in [2.75, 3.05) is 7.05 Å². The molecular weight excluding hydrogens is 243 g/mol. The van der Waals surface area contributed by atoms with Crippen LogP contribution in [0.1, 0.15) is 5.56 Å². The molecule has 96 valence electrons. The van der Waals surface area contributed by atoms with Crippen molar-refractivity contribution in [3.63, 3.8) is 0 Å². The summed E-state index contributed by atoms with van der Waals surface area (Å²) in [6, 6.07) is 2.59. The highest BCUT2D eigenvalue weighted by atomic mass is 19.1. The molecule has 1 amide bonds. The molecule has 0 atom stereocenters. The van der Waals surface area contributed by atoms with Gasteiger partial charge in [-0.1, -0.05) is 6.07 Å². The molecule has 0 saturated heterocycles. The number of aromatic nitrogens is 1. The minimum Gasteiger partial charge on any atom is -0.369 e. The Kier molecular flexibility index (Phi) is 4.73. The van der Waals surface area contributed by atoms with Crippen molar-refractivity contribution in [3.8, 4) is 0 Å². The molecule has 1 aromatic heterocycles. The molecule has 0 aliphatic carbocycles. The average Bonchev–Trinajstić information content (AvgIpc) is 2.35. The van der Waals surface area contributed by atoms with E-state index in [9.17, 15) is 19.3 Å². The molecule has 7 nitrogen and oxygen atoms in total. The molecule has 0 unspecified atom stereocenters. The number of hydrogen-bond acceptors (Lipinski definition) is 5. The van der Waals surface area contributed by atoms with Crippen molar-refractivity contribution in [3.05, 3.63) is 52.0 Å². The van der Waals surface area contributed by atoms with Crippen LogP contribution in [-0.4, -0.2) is 28.3 Å². The highest BCUT2D eigenvalue weighted by Gasteiger charge is 2.12. The highest BCUT2D eigenvalue weighted by molar-refractivity contribution is 5.50. The Morgan fingerprint density at radius 3 is 2.83 bits per heavy atom. The lowest BCUT2D eigenvalue weighted by atomic mass is 10.3. The Labute approximate surface area is 102 Å². The summed E-state index contributed by atoms with van der Waals surface area (Å²) >= 11 is 0. The lowest BCUT2D eigenvalue weighted by Crippen LogP contribution is -2.29. The van der Waals surface area contributed by atoms with Crippen LogP contribution in [0.15, 0.2) is 30.4 Å². The van der Waals surface area contributed by atoms with Gasteiger partial charge in [0.15, 0.2) is 5.82 Å². The first-order chi connectivity index (χ1) is 8.56. The Bertz CT molecular complexity index is 461. The molecule has 0 aromatic carbocycles. The molecule has 0 bridgehead atoms. The summed E-state index contributed by atoms with van der Waals surface area (Å²) in [6.07, 6.45) is 2.37. The number of rotatable bonds is 6. The summed E-state index contributed by atoms with van der Waals surface area (Å²) in [5.74, 6) is -0.606. The second kappa shape index (κ2) is 6.28. The number of halogens is 1. The molecule has 0 spiro atoms. The maximum Gasteiger partial charge on any atom is 0.274 e. The van der Waals surface area contributed by atoms with E-state index in [2.05, 4.69) is 10.3 Å². The molecule has 0 fully saturated rings. The predicted molar refractivity (Wildman–Crippen MR) is 59.9 cm³/mol. The van der Waals surface area contributed by atoms with E-state index < -0.39 is 10.9 Å². The van der Waals surface area contributed by atoms with Crippen LogP contribution in [0.3, 0.4) is 0 Å². The maximum atomic E-state index is 12.6. The standard InChI is InChI=1S/C10H11FN4O3/c1-12-10(6-15(17)18)14(7-16)5-8-2-3-9(11)13-4-8/h2-4,6-7,12H,5H2,1H3. The fourth-order valence-corrected chi connectivity index (χ4v) is 1.26. The summed E-state index contributed by atoms with van der Waals surface area (Å²) < 4.78 is 12.6. The van der Waals surface area contributed by atoms with Crippen molar-refractivity contribution in [2.24, 2.45) is 0 Å². The number of carbonyl (C=O) groups is 1. The third kappa shape index (κ3) is 3.81. The fraction of sp³-hybridized carbons (Fsp3) is 0.200. The number of carbonyl (C=O) groups excluding carboxylic acids is 1. The van der Waals surface area contributed by atoms with Gasteiger partial charge in [0.2, 0.25) is 12.4 Å². The monoisotopic (exact) mass is 254 g/mol. The normalized spacial score (nSPS) is 10.9. The number of nitrogens with zero attached hydrogens (tertiary/aromatic N) is 3. The highest BCUT2D eigenvalue weighted by Crippen LogP contribution is 2.07. The van der Waals surface area contributed by atoms with E-state index in [-0.39, 0.29) is 12.4 Å². The van der Waals surface area contributed by atoms with Crippen molar-refractivity contribution in [2.45, 2.75) is 6.54 Å². The molecule has 1 rings (SSSR count). The van der Waals surface area contributed by atoms with E-state index in [1.807, 2.05) is 0 Å². The second-order valence-electron chi connectivity index (χ2n) is 3.27. The topological polar surface area (TPSA) is 88.4 Å². The Balaban J connectivity index is 2.86. The van der Waals surface area contributed by atoms with Gasteiger partial charge in [-0.05, 0) is 11.6 Å². The van der Waals surface area contributed by atoms with E-state index in [4.69, 9.17) is 0 Å². The van der Waals surface area contributed by atoms with Crippen LogP contribution >= 0.6 is 0 Å². The zero-order valence-electron chi connectivity index (χ0n) is 9.54. The number of nitrogens with one attached hydrogen (secondary N) is 1. The maximum absolute atomic E-state index is 12.6. The van der Waals surface area contributed by atoms with E-state index in [0.717, 1.165) is 11.0 Å². The number of nitro groups is 1. The Morgan fingerprint density at radius 2 is 2.39 bits per heavy atom. The van der Waals surface area contributed by atoms with Gasteiger partial charge in [-0.25, -0.2) is 4.98 Å². The molecule has 0 saturated carbocycles. The number of amides is 1. The van der Waals surface area contributed by atoms with Crippen molar-refractivity contribution >= 4 is 6.41 Å². The van der Waals surface area contributed by atoms with E-state index in [1.165, 1.54) is 19.3 Å². The molecule has 1 aromatic rings. The Morgan fingerprint density at radius 1 is 1.67 bits per heavy atom. The molecule has 0 radical (unpaired) electrons. The summed E-state index contributed by atoms with van der Waals surface area (Å²) in [5, 5.41) is 12.9. The van der Waals surface area contributed by atoms with E-state index in [0.29, 0.717) is 18.2 Å². The van der Waals surface area contributed by atoms with Crippen molar-refractivity contribution in [1.29, 1.82) is 0 Å². The SMILES string of the molecule is CNC(=C[N+](=O)[O-])N(C=O)Cc1ccc(F)nc1. The molecular formula is C10H11FN4O3. The lowest BCUT2D eigenvalue weighted by Gasteiger charge is -2.18. The largest absolute Gasteiger partial charge is 0.369 e. The third-order valence-electron chi connectivity index (χ3n) is 2.06. The van der Waals surface area contributed by atoms with Crippen molar-refractivity contribution < 1.29 is 14.1 Å². The van der Waals surface area contributed by atoms with Crippen LogP contribution in [-0.2, 0) is 11.3 Å². The second-order valence-corrected chi connectivity index (χ2v) is 3.27. The van der Waals surface area contributed by atoms with E-state index >= 15 is 0 Å². The minimum absolute atomic E-state index is 0.0272. The predicted octanol–water partition coefficient (Wildman–Crippen LogP) is 0.474. The number of pyridine rings is 1.